The molecule has 0 spiro atoms. The van der Waals surface area contributed by atoms with Gasteiger partial charge in [-0.3, -0.25) is 15.1 Å². The van der Waals surface area contributed by atoms with Crippen LogP contribution in [0.4, 0.5) is 4.39 Å². The minimum Gasteiger partial charge on any atom is -0.495 e. The van der Waals surface area contributed by atoms with Gasteiger partial charge in [0.25, 0.3) is 0 Å². The molecule has 9 heteroatoms. The highest BCUT2D eigenvalue weighted by Gasteiger charge is 2.17. The first-order chi connectivity index (χ1) is 16.2. The molecule has 0 amide bonds. The van der Waals surface area contributed by atoms with Gasteiger partial charge < -0.3 is 9.72 Å². The van der Waals surface area contributed by atoms with Crippen LogP contribution >= 0.6 is 0 Å². The van der Waals surface area contributed by atoms with Gasteiger partial charge in [0.2, 0.25) is 0 Å². The molecular formula is C24H16FN7O. The number of halogens is 1. The van der Waals surface area contributed by atoms with Gasteiger partial charge in [-0.15, -0.1) is 0 Å². The van der Waals surface area contributed by atoms with E-state index in [2.05, 4.69) is 35.1 Å². The van der Waals surface area contributed by atoms with E-state index < -0.39 is 0 Å². The number of ether oxygens (including phenoxy) is 1. The Morgan fingerprint density at radius 3 is 2.67 bits per heavy atom. The summed E-state index contributed by atoms with van der Waals surface area (Å²) >= 11 is 0. The Morgan fingerprint density at radius 1 is 0.939 bits per heavy atom. The minimum atomic E-state index is -0.284. The summed E-state index contributed by atoms with van der Waals surface area (Å²) < 4.78 is 18.7. The number of nitrogens with one attached hydrogen (secondary N) is 2. The average molecular weight is 437 g/mol. The minimum absolute atomic E-state index is 0.284. The van der Waals surface area contributed by atoms with Crippen LogP contribution in [0.15, 0.2) is 67.3 Å². The van der Waals surface area contributed by atoms with Crippen molar-refractivity contribution in [2.24, 2.45) is 0 Å². The maximum atomic E-state index is 13.4. The van der Waals surface area contributed by atoms with Crippen molar-refractivity contribution < 1.29 is 9.13 Å². The van der Waals surface area contributed by atoms with Gasteiger partial charge in [-0.1, -0.05) is 12.1 Å². The van der Waals surface area contributed by atoms with Crippen molar-refractivity contribution in [1.82, 2.24) is 35.1 Å². The molecule has 0 saturated heterocycles. The summed E-state index contributed by atoms with van der Waals surface area (Å²) in [5.74, 6) is 0.936. The Bertz CT molecular complexity index is 1620. The molecule has 0 aliphatic rings. The lowest BCUT2D eigenvalue weighted by Gasteiger charge is -2.03. The van der Waals surface area contributed by atoms with E-state index in [1.165, 1.54) is 12.1 Å². The molecule has 6 rings (SSSR count). The monoisotopic (exact) mass is 437 g/mol. The summed E-state index contributed by atoms with van der Waals surface area (Å²) in [5, 5.41) is 8.33. The third kappa shape index (κ3) is 3.26. The zero-order valence-electron chi connectivity index (χ0n) is 17.4. The van der Waals surface area contributed by atoms with Crippen molar-refractivity contribution in [2.75, 3.05) is 7.11 Å². The number of hydrogen-bond donors (Lipinski definition) is 2. The van der Waals surface area contributed by atoms with Gasteiger partial charge in [0, 0.05) is 28.9 Å². The Balaban J connectivity index is 1.48. The van der Waals surface area contributed by atoms with Crippen molar-refractivity contribution in [3.8, 4) is 39.7 Å². The zero-order chi connectivity index (χ0) is 22.4. The van der Waals surface area contributed by atoms with Crippen molar-refractivity contribution in [1.29, 1.82) is 0 Å². The fraction of sp³-hybridized carbons (Fsp3) is 0.0417. The second-order valence-electron chi connectivity index (χ2n) is 7.45. The quantitative estimate of drug-likeness (QED) is 0.411. The van der Waals surface area contributed by atoms with Gasteiger partial charge in [-0.2, -0.15) is 5.10 Å². The first-order valence-corrected chi connectivity index (χ1v) is 10.1. The lowest BCUT2D eigenvalue weighted by atomic mass is 10.1. The molecule has 5 aromatic heterocycles. The molecule has 2 N–H and O–H groups in total. The Hall–Kier alpha value is -4.66. The van der Waals surface area contributed by atoms with E-state index in [0.29, 0.717) is 22.9 Å². The molecule has 0 unspecified atom stereocenters. The van der Waals surface area contributed by atoms with Gasteiger partial charge in [0.1, 0.15) is 17.3 Å². The SMILES string of the molecule is COc1cncc(-c2cc3c(-c4nc5nccc(-c6ccc(F)cc6)c5[nH]4)n[nH]c3cn2)c1. The molecular weight excluding hydrogens is 421 g/mol. The standard InChI is InChI=1S/C24H16FN7O/c1-33-16-8-14(10-26-11-16)19-9-18-20(12-28-19)31-32-22(18)24-29-21-17(6-7-27-23(21)30-24)13-2-4-15(25)5-3-13/h2-12H,1H3,(H,31,32)(H,27,29,30). The molecule has 0 aliphatic heterocycles. The van der Waals surface area contributed by atoms with Gasteiger partial charge >= 0.3 is 0 Å². The van der Waals surface area contributed by atoms with E-state index in [-0.39, 0.29) is 5.82 Å². The van der Waals surface area contributed by atoms with Crippen LogP contribution in [0.1, 0.15) is 0 Å². The van der Waals surface area contributed by atoms with E-state index in [1.54, 1.807) is 44.0 Å². The first-order valence-electron chi connectivity index (χ1n) is 10.1. The molecule has 0 aliphatic carbocycles. The number of H-pyrrole nitrogens is 2. The molecule has 0 bridgehead atoms. The normalized spacial score (nSPS) is 11.3. The molecule has 5 heterocycles. The molecule has 1 aromatic carbocycles. The van der Waals surface area contributed by atoms with Crippen LogP contribution in [0.25, 0.3) is 56.0 Å². The predicted octanol–water partition coefficient (Wildman–Crippen LogP) is 4.77. The highest BCUT2D eigenvalue weighted by atomic mass is 19.1. The molecule has 33 heavy (non-hydrogen) atoms. The summed E-state index contributed by atoms with van der Waals surface area (Å²) in [6, 6.07) is 12.0. The molecule has 0 fully saturated rings. The molecule has 0 saturated carbocycles. The number of nitrogens with zero attached hydrogens (tertiary/aromatic N) is 5. The predicted molar refractivity (Wildman–Crippen MR) is 122 cm³/mol. The molecule has 8 nitrogen and oxygen atoms in total. The number of benzene rings is 1. The van der Waals surface area contributed by atoms with Gasteiger partial charge in [0.15, 0.2) is 11.5 Å². The average Bonchev–Trinajstić information content (AvgIpc) is 3.48. The number of pyridine rings is 3. The smallest absolute Gasteiger partial charge is 0.178 e. The van der Waals surface area contributed by atoms with Crippen molar-refractivity contribution in [3.63, 3.8) is 0 Å². The van der Waals surface area contributed by atoms with E-state index in [9.17, 15) is 4.39 Å². The van der Waals surface area contributed by atoms with E-state index >= 15 is 0 Å². The third-order valence-corrected chi connectivity index (χ3v) is 5.46. The van der Waals surface area contributed by atoms with Crippen molar-refractivity contribution >= 4 is 22.1 Å². The Kier molecular flexibility index (Phi) is 4.32. The summed E-state index contributed by atoms with van der Waals surface area (Å²) in [5.41, 5.74) is 6.03. The maximum absolute atomic E-state index is 13.4. The number of imidazole rings is 1. The number of methoxy groups -OCH3 is 1. The third-order valence-electron chi connectivity index (χ3n) is 5.46. The maximum Gasteiger partial charge on any atom is 0.178 e. The van der Waals surface area contributed by atoms with Crippen LogP contribution in [-0.4, -0.2) is 42.2 Å². The molecule has 0 radical (unpaired) electrons. The van der Waals surface area contributed by atoms with Crippen molar-refractivity contribution in [2.45, 2.75) is 0 Å². The van der Waals surface area contributed by atoms with Crippen molar-refractivity contribution in [3.05, 3.63) is 73.1 Å². The van der Waals surface area contributed by atoms with Crippen LogP contribution < -0.4 is 4.74 Å². The van der Waals surface area contributed by atoms with Gasteiger partial charge in [-0.25, -0.2) is 14.4 Å². The summed E-state index contributed by atoms with van der Waals surface area (Å²) in [4.78, 5) is 21.1. The van der Waals surface area contributed by atoms with Crippen LogP contribution in [0.3, 0.4) is 0 Å². The molecule has 6 aromatic rings. The van der Waals surface area contributed by atoms with Gasteiger partial charge in [-0.05, 0) is 35.9 Å². The molecule has 160 valence electrons. The largest absolute Gasteiger partial charge is 0.495 e. The van der Waals surface area contributed by atoms with E-state index in [1.807, 2.05) is 18.2 Å². The summed E-state index contributed by atoms with van der Waals surface area (Å²) in [6.07, 6.45) is 6.79. The lowest BCUT2D eigenvalue weighted by molar-refractivity contribution is 0.413. The first kappa shape index (κ1) is 19.1. The number of fused-ring (bicyclic) bond motifs is 2. The number of rotatable bonds is 4. The number of hydrogen-bond acceptors (Lipinski definition) is 6. The van der Waals surface area contributed by atoms with E-state index in [4.69, 9.17) is 4.74 Å². The topological polar surface area (TPSA) is 105 Å². The fourth-order valence-corrected chi connectivity index (χ4v) is 3.82. The van der Waals surface area contributed by atoms with Gasteiger partial charge in [0.05, 0.1) is 36.2 Å². The highest BCUT2D eigenvalue weighted by Crippen LogP contribution is 2.32. The summed E-state index contributed by atoms with van der Waals surface area (Å²) in [6.45, 7) is 0. The van der Waals surface area contributed by atoms with Crippen LogP contribution in [0.5, 0.6) is 5.75 Å². The Labute approximate surface area is 186 Å². The fourth-order valence-electron chi connectivity index (χ4n) is 3.82. The second kappa shape index (κ2) is 7.49. The second-order valence-corrected chi connectivity index (χ2v) is 7.45. The lowest BCUT2D eigenvalue weighted by Crippen LogP contribution is -1.89. The summed E-state index contributed by atoms with van der Waals surface area (Å²) in [7, 11) is 1.60. The van der Waals surface area contributed by atoms with Crippen LogP contribution in [-0.2, 0) is 0 Å². The zero-order valence-corrected chi connectivity index (χ0v) is 17.4. The molecule has 0 atom stereocenters. The van der Waals surface area contributed by atoms with Crippen LogP contribution in [0, 0.1) is 5.82 Å². The van der Waals surface area contributed by atoms with Crippen LogP contribution in [0.2, 0.25) is 0 Å². The number of aromatic amines is 2. The number of aromatic nitrogens is 7. The van der Waals surface area contributed by atoms with E-state index in [0.717, 1.165) is 38.8 Å². The Morgan fingerprint density at radius 2 is 1.82 bits per heavy atom. The highest BCUT2D eigenvalue weighted by molar-refractivity contribution is 5.96.